The predicted octanol–water partition coefficient (Wildman–Crippen LogP) is 1.36. The lowest BCUT2D eigenvalue weighted by Crippen LogP contribution is -2.58. The van der Waals surface area contributed by atoms with Gasteiger partial charge in [0.1, 0.15) is 5.56 Å². The van der Waals surface area contributed by atoms with Gasteiger partial charge in [-0.3, -0.25) is 14.4 Å². The first-order valence-corrected chi connectivity index (χ1v) is 10.4. The van der Waals surface area contributed by atoms with Crippen LogP contribution in [0, 0.1) is 11.3 Å². The Labute approximate surface area is 172 Å². The van der Waals surface area contributed by atoms with Crippen molar-refractivity contribution in [1.29, 1.82) is 0 Å². The standard InChI is InChI=1S/C21H25F2N3O4/c1-20(10-30-11-20)19(29)25-7-12-4-13(9-25)16-3-2-15(18(28)26(16)8-12)17(27)24-14-5-21(22,23)6-14/h2-3,12-14H,4-11H2,1H3,(H,24,27)/t12-,13+/m0/s1. The molecule has 162 valence electrons. The minimum atomic E-state index is -2.73. The number of amides is 2. The van der Waals surface area contributed by atoms with Gasteiger partial charge in [0.15, 0.2) is 0 Å². The van der Waals surface area contributed by atoms with E-state index in [-0.39, 0.29) is 41.7 Å². The number of fused-ring (bicyclic) bond motifs is 4. The Bertz CT molecular complexity index is 963. The highest BCUT2D eigenvalue weighted by atomic mass is 19.3. The molecule has 2 amide bonds. The molecule has 1 aliphatic carbocycles. The number of nitrogens with one attached hydrogen (secondary N) is 1. The molecule has 0 unspecified atom stereocenters. The summed E-state index contributed by atoms with van der Waals surface area (Å²) in [4.78, 5) is 40.3. The van der Waals surface area contributed by atoms with Crippen LogP contribution in [0.1, 0.15) is 48.2 Å². The number of ether oxygens (including phenoxy) is 1. The van der Waals surface area contributed by atoms with Gasteiger partial charge in [-0.15, -0.1) is 0 Å². The highest BCUT2D eigenvalue weighted by Gasteiger charge is 2.47. The molecule has 3 aliphatic heterocycles. The maximum absolute atomic E-state index is 13.0. The van der Waals surface area contributed by atoms with Crippen LogP contribution in [0.15, 0.2) is 16.9 Å². The highest BCUT2D eigenvalue weighted by Crippen LogP contribution is 2.39. The Morgan fingerprint density at radius 2 is 1.90 bits per heavy atom. The number of hydrogen-bond acceptors (Lipinski definition) is 4. The number of carbonyl (C=O) groups is 2. The van der Waals surface area contributed by atoms with Crippen molar-refractivity contribution in [2.24, 2.45) is 11.3 Å². The quantitative estimate of drug-likeness (QED) is 0.799. The monoisotopic (exact) mass is 421 g/mol. The molecule has 1 saturated carbocycles. The fraction of sp³-hybridized carbons (Fsp3) is 0.667. The van der Waals surface area contributed by atoms with Gasteiger partial charge in [0, 0.05) is 50.1 Å². The maximum Gasteiger partial charge on any atom is 0.263 e. The van der Waals surface area contributed by atoms with Crippen LogP contribution in [0.3, 0.4) is 0 Å². The van der Waals surface area contributed by atoms with Crippen molar-refractivity contribution < 1.29 is 23.1 Å². The van der Waals surface area contributed by atoms with Crippen molar-refractivity contribution in [2.45, 2.75) is 50.6 Å². The third-order valence-corrected chi connectivity index (χ3v) is 6.92. The molecular weight excluding hydrogens is 396 g/mol. The van der Waals surface area contributed by atoms with Crippen molar-refractivity contribution in [1.82, 2.24) is 14.8 Å². The Morgan fingerprint density at radius 3 is 2.53 bits per heavy atom. The molecule has 2 bridgehead atoms. The normalized spacial score (nSPS) is 28.7. The summed E-state index contributed by atoms with van der Waals surface area (Å²) in [7, 11) is 0. The molecule has 4 heterocycles. The minimum Gasteiger partial charge on any atom is -0.379 e. The SMILES string of the molecule is CC1(C(=O)N2C[C@@H]3C[C@H](C2)c2ccc(C(=O)NC4CC(F)(F)C4)c(=O)n2C3)COC1. The average Bonchev–Trinajstić information content (AvgIpc) is 2.64. The Morgan fingerprint density at radius 1 is 1.17 bits per heavy atom. The lowest BCUT2D eigenvalue weighted by molar-refractivity contribution is -0.171. The second kappa shape index (κ2) is 6.60. The first kappa shape index (κ1) is 19.7. The Balaban J connectivity index is 1.34. The number of aromatic nitrogens is 1. The summed E-state index contributed by atoms with van der Waals surface area (Å²) in [6, 6.07) is 2.67. The number of piperidine rings is 1. The second-order valence-electron chi connectivity index (χ2n) is 9.58. The van der Waals surface area contributed by atoms with Crippen molar-refractivity contribution in [3.8, 4) is 0 Å². The van der Waals surface area contributed by atoms with Crippen molar-refractivity contribution in [3.63, 3.8) is 0 Å². The second-order valence-corrected chi connectivity index (χ2v) is 9.58. The van der Waals surface area contributed by atoms with Crippen LogP contribution >= 0.6 is 0 Å². The van der Waals surface area contributed by atoms with E-state index in [1.807, 2.05) is 11.8 Å². The van der Waals surface area contributed by atoms with E-state index >= 15 is 0 Å². The van der Waals surface area contributed by atoms with Gasteiger partial charge in [0.05, 0.1) is 18.6 Å². The highest BCUT2D eigenvalue weighted by molar-refractivity contribution is 5.94. The van der Waals surface area contributed by atoms with Crippen molar-refractivity contribution >= 4 is 11.8 Å². The molecule has 4 aliphatic rings. The number of likely N-dealkylation sites (tertiary alicyclic amines) is 1. The molecule has 1 N–H and O–H groups in total. The van der Waals surface area contributed by atoms with Crippen LogP contribution in [0.4, 0.5) is 8.78 Å². The molecule has 7 nitrogen and oxygen atoms in total. The molecule has 1 aromatic heterocycles. The van der Waals surface area contributed by atoms with Gasteiger partial charge in [-0.25, -0.2) is 8.78 Å². The van der Waals surface area contributed by atoms with Gasteiger partial charge in [-0.1, -0.05) is 0 Å². The van der Waals surface area contributed by atoms with E-state index in [2.05, 4.69) is 5.32 Å². The predicted molar refractivity (Wildman–Crippen MR) is 102 cm³/mol. The molecule has 2 atom stereocenters. The molecule has 30 heavy (non-hydrogen) atoms. The number of pyridine rings is 1. The number of rotatable bonds is 3. The van der Waals surface area contributed by atoms with E-state index in [9.17, 15) is 23.2 Å². The third kappa shape index (κ3) is 3.14. The molecule has 5 rings (SSSR count). The molecule has 0 radical (unpaired) electrons. The molecule has 0 aromatic carbocycles. The molecule has 2 saturated heterocycles. The molecule has 3 fully saturated rings. The zero-order valence-corrected chi connectivity index (χ0v) is 16.8. The summed E-state index contributed by atoms with van der Waals surface area (Å²) in [5.74, 6) is -3.03. The first-order valence-electron chi connectivity index (χ1n) is 10.4. The number of halogens is 2. The van der Waals surface area contributed by atoms with Crippen LogP contribution in [0.2, 0.25) is 0 Å². The van der Waals surface area contributed by atoms with Crippen LogP contribution in [-0.2, 0) is 16.1 Å². The Kier molecular flexibility index (Phi) is 4.33. The van der Waals surface area contributed by atoms with E-state index < -0.39 is 23.3 Å². The van der Waals surface area contributed by atoms with Crippen molar-refractivity contribution in [2.75, 3.05) is 26.3 Å². The summed E-state index contributed by atoms with van der Waals surface area (Å²) >= 11 is 0. The number of alkyl halides is 2. The smallest absolute Gasteiger partial charge is 0.263 e. The molecular formula is C21H25F2N3O4. The third-order valence-electron chi connectivity index (χ3n) is 6.92. The lowest BCUT2D eigenvalue weighted by Gasteiger charge is -2.47. The number of nitrogens with zero attached hydrogens (tertiary/aromatic N) is 2. The van der Waals surface area contributed by atoms with E-state index in [4.69, 9.17) is 4.74 Å². The van der Waals surface area contributed by atoms with Crippen LogP contribution < -0.4 is 10.9 Å². The largest absolute Gasteiger partial charge is 0.379 e. The zero-order valence-electron chi connectivity index (χ0n) is 16.8. The van der Waals surface area contributed by atoms with Gasteiger partial charge in [-0.05, 0) is 31.4 Å². The fourth-order valence-corrected chi connectivity index (χ4v) is 5.22. The topological polar surface area (TPSA) is 80.6 Å². The van der Waals surface area contributed by atoms with E-state index in [1.165, 1.54) is 6.07 Å². The molecule has 0 spiro atoms. The summed E-state index contributed by atoms with van der Waals surface area (Å²) < 4.78 is 32.9. The van der Waals surface area contributed by atoms with E-state index in [0.717, 1.165) is 12.1 Å². The number of hydrogen-bond donors (Lipinski definition) is 1. The van der Waals surface area contributed by atoms with Crippen molar-refractivity contribution in [3.05, 3.63) is 33.7 Å². The van der Waals surface area contributed by atoms with Crippen LogP contribution in [0.5, 0.6) is 0 Å². The lowest BCUT2D eigenvalue weighted by atomic mass is 9.80. The Hall–Kier alpha value is -2.29. The van der Waals surface area contributed by atoms with Gasteiger partial charge < -0.3 is 19.5 Å². The van der Waals surface area contributed by atoms with Crippen LogP contribution in [0.25, 0.3) is 0 Å². The molecule has 1 aromatic rings. The fourth-order valence-electron chi connectivity index (χ4n) is 5.22. The number of carbonyl (C=O) groups excluding carboxylic acids is 2. The average molecular weight is 421 g/mol. The summed E-state index contributed by atoms with van der Waals surface area (Å²) in [5.41, 5.74) is -0.0209. The minimum absolute atomic E-state index is 0.0130. The maximum atomic E-state index is 13.0. The molecule has 9 heteroatoms. The van der Waals surface area contributed by atoms with Gasteiger partial charge >= 0.3 is 0 Å². The van der Waals surface area contributed by atoms with Crippen LogP contribution in [-0.4, -0.2) is 59.5 Å². The summed E-state index contributed by atoms with van der Waals surface area (Å²) in [5, 5.41) is 2.54. The van der Waals surface area contributed by atoms with Gasteiger partial charge in [-0.2, -0.15) is 0 Å². The summed E-state index contributed by atoms with van der Waals surface area (Å²) in [6.45, 7) is 4.39. The van der Waals surface area contributed by atoms with Gasteiger partial charge in [0.2, 0.25) is 5.91 Å². The van der Waals surface area contributed by atoms with E-state index in [1.54, 1.807) is 10.6 Å². The van der Waals surface area contributed by atoms with Gasteiger partial charge in [0.25, 0.3) is 17.4 Å². The zero-order chi connectivity index (χ0) is 21.3. The van der Waals surface area contributed by atoms with E-state index in [0.29, 0.717) is 32.8 Å². The first-order chi connectivity index (χ1) is 14.2. The summed E-state index contributed by atoms with van der Waals surface area (Å²) in [6.07, 6.45) is 0.130.